The number of likely N-dealkylation sites (tertiary alicyclic amines) is 1. The summed E-state index contributed by atoms with van der Waals surface area (Å²) in [6.45, 7) is 2.31. The first kappa shape index (κ1) is 9.55. The van der Waals surface area contributed by atoms with Crippen LogP contribution in [0.4, 0.5) is 8.78 Å². The number of benzene rings is 1. The molecule has 1 aliphatic heterocycles. The van der Waals surface area contributed by atoms with Crippen molar-refractivity contribution in [2.24, 2.45) is 5.73 Å². The van der Waals surface area contributed by atoms with Crippen molar-refractivity contribution in [2.75, 3.05) is 13.1 Å². The van der Waals surface area contributed by atoms with Gasteiger partial charge in [0.05, 0.1) is 0 Å². The van der Waals surface area contributed by atoms with Gasteiger partial charge < -0.3 is 5.73 Å². The van der Waals surface area contributed by atoms with Gasteiger partial charge in [-0.3, -0.25) is 4.90 Å². The van der Waals surface area contributed by atoms with E-state index in [2.05, 4.69) is 4.90 Å². The molecule has 4 heteroatoms. The van der Waals surface area contributed by atoms with Crippen LogP contribution in [0.15, 0.2) is 18.2 Å². The number of nitrogens with two attached hydrogens (primary N) is 1. The van der Waals surface area contributed by atoms with E-state index in [0.29, 0.717) is 6.54 Å². The molecule has 0 aliphatic carbocycles. The zero-order valence-corrected chi connectivity index (χ0v) is 7.71. The van der Waals surface area contributed by atoms with Crippen molar-refractivity contribution in [2.45, 2.75) is 12.6 Å². The van der Waals surface area contributed by atoms with E-state index in [1.54, 1.807) is 6.07 Å². The normalized spacial score (nSPS) is 18.2. The quantitative estimate of drug-likeness (QED) is 0.771. The minimum absolute atomic E-state index is 0.236. The average Bonchev–Trinajstić information content (AvgIpc) is 2.09. The fourth-order valence-electron chi connectivity index (χ4n) is 1.64. The summed E-state index contributed by atoms with van der Waals surface area (Å²) in [6, 6.07) is 4.23. The maximum Gasteiger partial charge on any atom is 0.159 e. The van der Waals surface area contributed by atoms with E-state index in [1.807, 2.05) is 0 Å². The van der Waals surface area contributed by atoms with Crippen LogP contribution in [0.2, 0.25) is 0 Å². The van der Waals surface area contributed by atoms with Crippen molar-refractivity contribution in [3.05, 3.63) is 35.4 Å². The van der Waals surface area contributed by atoms with Gasteiger partial charge >= 0.3 is 0 Å². The van der Waals surface area contributed by atoms with Gasteiger partial charge in [0.15, 0.2) is 11.6 Å². The molecular weight excluding hydrogens is 186 g/mol. The monoisotopic (exact) mass is 198 g/mol. The Hall–Kier alpha value is -1.00. The van der Waals surface area contributed by atoms with Gasteiger partial charge in [0.1, 0.15) is 0 Å². The Balaban J connectivity index is 2.00. The Labute approximate surface area is 81.3 Å². The zero-order chi connectivity index (χ0) is 10.1. The third kappa shape index (κ3) is 1.91. The average molecular weight is 198 g/mol. The summed E-state index contributed by atoms with van der Waals surface area (Å²) in [4.78, 5) is 2.09. The summed E-state index contributed by atoms with van der Waals surface area (Å²) in [5.41, 5.74) is 6.39. The molecular formula is C10H12F2N2. The molecule has 0 spiro atoms. The highest BCUT2D eigenvalue weighted by atomic mass is 19.2. The first-order valence-electron chi connectivity index (χ1n) is 4.57. The van der Waals surface area contributed by atoms with Gasteiger partial charge in [-0.1, -0.05) is 6.07 Å². The molecule has 0 radical (unpaired) electrons. The lowest BCUT2D eigenvalue weighted by molar-refractivity contribution is 0.142. The SMILES string of the molecule is NC1CN(Cc2ccc(F)c(F)c2)C1. The van der Waals surface area contributed by atoms with Crippen LogP contribution in [0.3, 0.4) is 0 Å². The highest BCUT2D eigenvalue weighted by Crippen LogP contribution is 2.14. The molecule has 1 aliphatic rings. The summed E-state index contributed by atoms with van der Waals surface area (Å²) < 4.78 is 25.4. The van der Waals surface area contributed by atoms with Crippen molar-refractivity contribution >= 4 is 0 Å². The summed E-state index contributed by atoms with van der Waals surface area (Å²) in [5, 5.41) is 0. The number of halogens is 2. The number of hydrogen-bond acceptors (Lipinski definition) is 2. The van der Waals surface area contributed by atoms with Gasteiger partial charge in [0, 0.05) is 25.7 Å². The molecule has 76 valence electrons. The molecule has 2 N–H and O–H groups in total. The molecule has 1 aromatic carbocycles. The number of hydrogen-bond donors (Lipinski definition) is 1. The summed E-state index contributed by atoms with van der Waals surface area (Å²) >= 11 is 0. The molecule has 2 nitrogen and oxygen atoms in total. The minimum atomic E-state index is -0.797. The molecule has 0 unspecified atom stereocenters. The second-order valence-corrected chi connectivity index (χ2v) is 3.70. The number of nitrogens with zero attached hydrogens (tertiary/aromatic N) is 1. The molecule has 0 aromatic heterocycles. The van der Waals surface area contributed by atoms with Crippen molar-refractivity contribution in [3.8, 4) is 0 Å². The van der Waals surface area contributed by atoms with Crippen LogP contribution in [-0.2, 0) is 6.54 Å². The van der Waals surface area contributed by atoms with E-state index in [1.165, 1.54) is 6.07 Å². The molecule has 0 saturated carbocycles. The van der Waals surface area contributed by atoms with E-state index in [4.69, 9.17) is 5.73 Å². The van der Waals surface area contributed by atoms with Gasteiger partial charge in [-0.15, -0.1) is 0 Å². The summed E-state index contributed by atoms with van der Waals surface area (Å²) in [5.74, 6) is -1.58. The van der Waals surface area contributed by atoms with Crippen LogP contribution in [0.5, 0.6) is 0 Å². The Morgan fingerprint density at radius 1 is 1.29 bits per heavy atom. The minimum Gasteiger partial charge on any atom is -0.325 e. The van der Waals surface area contributed by atoms with Gasteiger partial charge in [0.2, 0.25) is 0 Å². The molecule has 1 heterocycles. The van der Waals surface area contributed by atoms with E-state index < -0.39 is 11.6 Å². The van der Waals surface area contributed by atoms with Crippen LogP contribution >= 0.6 is 0 Å². The molecule has 0 amide bonds. The largest absolute Gasteiger partial charge is 0.325 e. The molecule has 0 bridgehead atoms. The second kappa shape index (κ2) is 3.63. The first-order chi connectivity index (χ1) is 6.65. The Kier molecular flexibility index (Phi) is 2.48. The lowest BCUT2D eigenvalue weighted by Gasteiger charge is -2.36. The van der Waals surface area contributed by atoms with Crippen molar-refractivity contribution in [3.63, 3.8) is 0 Å². The van der Waals surface area contributed by atoms with Crippen molar-refractivity contribution in [1.82, 2.24) is 4.90 Å². The standard InChI is InChI=1S/C10H12F2N2/c11-9-2-1-7(3-10(9)12)4-14-5-8(13)6-14/h1-3,8H,4-6,13H2. The predicted octanol–water partition coefficient (Wildman–Crippen LogP) is 1.11. The van der Waals surface area contributed by atoms with E-state index in [-0.39, 0.29) is 6.04 Å². The Morgan fingerprint density at radius 3 is 2.57 bits per heavy atom. The first-order valence-corrected chi connectivity index (χ1v) is 4.57. The molecule has 2 rings (SSSR count). The van der Waals surface area contributed by atoms with Gasteiger partial charge in [-0.2, -0.15) is 0 Å². The molecule has 0 atom stereocenters. The van der Waals surface area contributed by atoms with Gasteiger partial charge in [0.25, 0.3) is 0 Å². The summed E-state index contributed by atoms with van der Waals surface area (Å²) in [7, 11) is 0. The highest BCUT2D eigenvalue weighted by molar-refractivity contribution is 5.18. The van der Waals surface area contributed by atoms with E-state index >= 15 is 0 Å². The second-order valence-electron chi connectivity index (χ2n) is 3.70. The third-order valence-corrected chi connectivity index (χ3v) is 2.38. The van der Waals surface area contributed by atoms with Crippen LogP contribution in [0.25, 0.3) is 0 Å². The lowest BCUT2D eigenvalue weighted by Crippen LogP contribution is -2.54. The fraction of sp³-hybridized carbons (Fsp3) is 0.400. The molecule has 1 aromatic rings. The Bertz CT molecular complexity index is 335. The van der Waals surface area contributed by atoms with Crippen LogP contribution in [0, 0.1) is 11.6 Å². The fourth-order valence-corrected chi connectivity index (χ4v) is 1.64. The highest BCUT2D eigenvalue weighted by Gasteiger charge is 2.22. The van der Waals surface area contributed by atoms with E-state index in [9.17, 15) is 8.78 Å². The third-order valence-electron chi connectivity index (χ3n) is 2.38. The zero-order valence-electron chi connectivity index (χ0n) is 7.71. The summed E-state index contributed by atoms with van der Waals surface area (Å²) in [6.07, 6.45) is 0. The van der Waals surface area contributed by atoms with Gasteiger partial charge in [-0.25, -0.2) is 8.78 Å². The topological polar surface area (TPSA) is 29.3 Å². The lowest BCUT2D eigenvalue weighted by atomic mass is 10.1. The Morgan fingerprint density at radius 2 is 2.00 bits per heavy atom. The van der Waals surface area contributed by atoms with Gasteiger partial charge in [-0.05, 0) is 17.7 Å². The van der Waals surface area contributed by atoms with Crippen LogP contribution < -0.4 is 5.73 Å². The van der Waals surface area contributed by atoms with Crippen molar-refractivity contribution in [1.29, 1.82) is 0 Å². The number of rotatable bonds is 2. The predicted molar refractivity (Wildman–Crippen MR) is 49.6 cm³/mol. The van der Waals surface area contributed by atoms with E-state index in [0.717, 1.165) is 24.7 Å². The molecule has 1 saturated heterocycles. The smallest absolute Gasteiger partial charge is 0.159 e. The van der Waals surface area contributed by atoms with Crippen LogP contribution in [0.1, 0.15) is 5.56 Å². The maximum absolute atomic E-state index is 12.8. The molecule has 14 heavy (non-hydrogen) atoms. The van der Waals surface area contributed by atoms with Crippen molar-refractivity contribution < 1.29 is 8.78 Å². The maximum atomic E-state index is 12.8. The molecule has 1 fully saturated rings. The van der Waals surface area contributed by atoms with Crippen LogP contribution in [-0.4, -0.2) is 24.0 Å².